The van der Waals surface area contributed by atoms with Crippen LogP contribution in [0.1, 0.15) is 117 Å². The van der Waals surface area contributed by atoms with Crippen LogP contribution in [0.4, 0.5) is 5.69 Å². The van der Waals surface area contributed by atoms with Crippen molar-refractivity contribution < 1.29 is 0 Å². The first-order valence-electron chi connectivity index (χ1n) is 17.1. The summed E-state index contributed by atoms with van der Waals surface area (Å²) in [4.78, 5) is 0. The molecule has 3 aromatic rings. The van der Waals surface area contributed by atoms with Crippen molar-refractivity contribution in [3.63, 3.8) is 0 Å². The summed E-state index contributed by atoms with van der Waals surface area (Å²) >= 11 is 0. The van der Waals surface area contributed by atoms with E-state index in [1.54, 1.807) is 6.20 Å². The highest BCUT2D eigenvalue weighted by Crippen LogP contribution is 2.30. The second-order valence-corrected chi connectivity index (χ2v) is 10.8. The van der Waals surface area contributed by atoms with Crippen LogP contribution < -0.4 is 10.6 Å². The molecule has 2 heteroatoms. The Labute approximate surface area is 272 Å². The molecule has 4 rings (SSSR count). The number of anilines is 1. The van der Waals surface area contributed by atoms with Gasteiger partial charge in [-0.1, -0.05) is 154 Å². The number of fused-ring (bicyclic) bond motifs is 1. The Morgan fingerprint density at radius 3 is 2.00 bits per heavy atom. The molecule has 0 bridgehead atoms. The van der Waals surface area contributed by atoms with Crippen molar-refractivity contribution in [3.05, 3.63) is 121 Å². The number of nitrogens with one attached hydrogen (secondary N) is 2. The summed E-state index contributed by atoms with van der Waals surface area (Å²) in [6.07, 6.45) is 17.1. The lowest BCUT2D eigenvalue weighted by Crippen LogP contribution is -2.14. The topological polar surface area (TPSA) is 24.1 Å². The van der Waals surface area contributed by atoms with Gasteiger partial charge in [0, 0.05) is 17.1 Å². The van der Waals surface area contributed by atoms with Crippen LogP contribution in [0.3, 0.4) is 0 Å². The highest BCUT2D eigenvalue weighted by Gasteiger charge is 2.16. The lowest BCUT2D eigenvalue weighted by molar-refractivity contribution is 0.405. The number of allylic oxidation sites excluding steroid dienone is 3. The predicted octanol–water partition coefficient (Wildman–Crippen LogP) is 13.4. The maximum atomic E-state index is 4.23. The smallest absolute Gasteiger partial charge is 0.0384 e. The molecule has 0 amide bonds. The van der Waals surface area contributed by atoms with Crippen LogP contribution in [0.15, 0.2) is 104 Å². The minimum Gasteiger partial charge on any atom is -0.366 e. The molecule has 1 saturated carbocycles. The fourth-order valence-electron chi connectivity index (χ4n) is 4.86. The van der Waals surface area contributed by atoms with Crippen LogP contribution >= 0.6 is 0 Å². The van der Waals surface area contributed by atoms with E-state index in [4.69, 9.17) is 0 Å². The van der Waals surface area contributed by atoms with Gasteiger partial charge in [0.15, 0.2) is 0 Å². The van der Waals surface area contributed by atoms with Gasteiger partial charge in [-0.3, -0.25) is 0 Å². The van der Waals surface area contributed by atoms with E-state index in [0.29, 0.717) is 5.92 Å². The van der Waals surface area contributed by atoms with Crippen molar-refractivity contribution in [2.75, 3.05) is 5.32 Å². The monoisotopic (exact) mass is 597 g/mol. The summed E-state index contributed by atoms with van der Waals surface area (Å²) in [6.45, 7) is 28.4. The van der Waals surface area contributed by atoms with Gasteiger partial charge < -0.3 is 10.6 Å². The SMILES string of the molecule is C=C(Nc1ccc(CC)c(C)c1)C1CCCCC1.C=CN/C(=C\C)CC.C=Cc1cccc2ccccc12.CC.CCCC. The second kappa shape index (κ2) is 25.9. The van der Waals surface area contributed by atoms with Crippen LogP contribution in [0.2, 0.25) is 0 Å². The second-order valence-electron chi connectivity index (χ2n) is 10.8. The fraction of sp³-hybridized carbons (Fsp3) is 0.429. The van der Waals surface area contributed by atoms with E-state index < -0.39 is 0 Å². The maximum absolute atomic E-state index is 4.23. The predicted molar refractivity (Wildman–Crippen MR) is 203 cm³/mol. The lowest BCUT2D eigenvalue weighted by Gasteiger charge is -2.25. The summed E-state index contributed by atoms with van der Waals surface area (Å²) in [5, 5.41) is 9.06. The average molecular weight is 597 g/mol. The Hall–Kier alpha value is -3.52. The molecule has 242 valence electrons. The van der Waals surface area contributed by atoms with E-state index in [0.717, 1.165) is 12.8 Å². The van der Waals surface area contributed by atoms with Gasteiger partial charge in [-0.05, 0) is 91.2 Å². The number of unbranched alkanes of at least 4 members (excludes halogenated alkanes) is 1. The average Bonchev–Trinajstić information content (AvgIpc) is 3.09. The zero-order valence-corrected chi connectivity index (χ0v) is 29.6. The third-order valence-electron chi connectivity index (χ3n) is 7.69. The van der Waals surface area contributed by atoms with Crippen molar-refractivity contribution in [1.29, 1.82) is 0 Å². The van der Waals surface area contributed by atoms with Crippen molar-refractivity contribution in [3.8, 4) is 0 Å². The van der Waals surface area contributed by atoms with Crippen molar-refractivity contribution >= 4 is 22.5 Å². The van der Waals surface area contributed by atoms with Crippen LogP contribution in [-0.2, 0) is 6.42 Å². The molecule has 0 aromatic heterocycles. The zero-order chi connectivity index (χ0) is 33.2. The van der Waals surface area contributed by atoms with Gasteiger partial charge in [0.2, 0.25) is 0 Å². The minimum absolute atomic E-state index is 0.671. The molecule has 0 unspecified atom stereocenters. The zero-order valence-electron chi connectivity index (χ0n) is 29.6. The summed E-state index contributed by atoms with van der Waals surface area (Å²) in [5.41, 5.74) is 7.63. The molecule has 1 fully saturated rings. The van der Waals surface area contributed by atoms with Gasteiger partial charge in [-0.25, -0.2) is 0 Å². The summed E-state index contributed by atoms with van der Waals surface area (Å²) in [6, 6.07) is 21.2. The van der Waals surface area contributed by atoms with Crippen molar-refractivity contribution in [2.45, 2.75) is 113 Å². The van der Waals surface area contributed by atoms with Crippen LogP contribution in [-0.4, -0.2) is 0 Å². The van der Waals surface area contributed by atoms with E-state index in [1.807, 2.05) is 32.9 Å². The van der Waals surface area contributed by atoms with Gasteiger partial charge in [-0.2, -0.15) is 0 Å². The normalized spacial score (nSPS) is 12.3. The molecule has 0 saturated heterocycles. The molecule has 44 heavy (non-hydrogen) atoms. The third-order valence-corrected chi connectivity index (χ3v) is 7.69. The molecular weight excluding hydrogens is 532 g/mol. The Kier molecular flexibility index (Phi) is 23.9. The molecule has 0 heterocycles. The van der Waals surface area contributed by atoms with Crippen molar-refractivity contribution in [1.82, 2.24) is 5.32 Å². The summed E-state index contributed by atoms with van der Waals surface area (Å²) < 4.78 is 0. The van der Waals surface area contributed by atoms with Gasteiger partial charge in [0.1, 0.15) is 0 Å². The molecule has 0 radical (unpaired) electrons. The molecule has 2 N–H and O–H groups in total. The van der Waals surface area contributed by atoms with E-state index in [-0.39, 0.29) is 0 Å². The minimum atomic E-state index is 0.671. The highest BCUT2D eigenvalue weighted by molar-refractivity contribution is 5.90. The first-order valence-corrected chi connectivity index (χ1v) is 17.1. The van der Waals surface area contributed by atoms with Crippen LogP contribution in [0.25, 0.3) is 16.8 Å². The Bertz CT molecular complexity index is 1220. The van der Waals surface area contributed by atoms with Gasteiger partial charge >= 0.3 is 0 Å². The molecule has 0 spiro atoms. The number of rotatable bonds is 9. The number of benzene rings is 3. The van der Waals surface area contributed by atoms with E-state index in [2.05, 4.69) is 126 Å². The molecule has 1 aliphatic rings. The standard InChI is InChI=1S/C17H25N.C12H10.C7H13N.C4H10.C2H6/c1-4-15-10-11-17(12-13(15)2)18-14(3)16-8-6-5-7-9-16;1-2-10-7-5-8-11-6-3-4-9-12(10)11;1-4-7(5-2)8-6-3;1-3-4-2;1-2/h10-12,16,18H,3-9H2,1-2H3;2-9H,1H2;4,6,8H,3,5H2,1-2H3;3-4H2,1-2H3;1-2H3/b;;7-4-;;. The first-order chi connectivity index (χ1) is 21.4. The summed E-state index contributed by atoms with van der Waals surface area (Å²) in [7, 11) is 0. The summed E-state index contributed by atoms with van der Waals surface area (Å²) in [5.74, 6) is 0.671. The van der Waals surface area contributed by atoms with Gasteiger partial charge in [-0.15, -0.1) is 0 Å². The van der Waals surface area contributed by atoms with E-state index >= 15 is 0 Å². The van der Waals surface area contributed by atoms with E-state index in [9.17, 15) is 0 Å². The Morgan fingerprint density at radius 1 is 0.864 bits per heavy atom. The largest absolute Gasteiger partial charge is 0.366 e. The van der Waals surface area contributed by atoms with Crippen molar-refractivity contribution in [2.24, 2.45) is 5.92 Å². The Morgan fingerprint density at radius 2 is 1.50 bits per heavy atom. The molecule has 3 aromatic carbocycles. The quantitative estimate of drug-likeness (QED) is 0.257. The fourth-order valence-corrected chi connectivity index (χ4v) is 4.86. The molecule has 0 atom stereocenters. The first kappa shape index (κ1) is 40.5. The molecule has 1 aliphatic carbocycles. The Balaban J connectivity index is 0.000000615. The van der Waals surface area contributed by atoms with E-state index in [1.165, 1.54) is 89.5 Å². The van der Waals surface area contributed by atoms with Gasteiger partial charge in [0.05, 0.1) is 0 Å². The van der Waals surface area contributed by atoms with Crippen LogP contribution in [0.5, 0.6) is 0 Å². The maximum Gasteiger partial charge on any atom is 0.0384 e. The number of hydrogen-bond acceptors (Lipinski definition) is 2. The molecule has 2 nitrogen and oxygen atoms in total. The molecule has 0 aliphatic heterocycles. The third kappa shape index (κ3) is 15.8. The van der Waals surface area contributed by atoms with Gasteiger partial charge in [0.25, 0.3) is 0 Å². The molecular formula is C42H64N2. The number of aryl methyl sites for hydroxylation is 2. The lowest BCUT2D eigenvalue weighted by atomic mass is 9.87. The number of hydrogen-bond donors (Lipinski definition) is 2. The van der Waals surface area contributed by atoms with Crippen LogP contribution in [0, 0.1) is 12.8 Å². The highest BCUT2D eigenvalue weighted by atomic mass is 14.9.